The van der Waals surface area contributed by atoms with E-state index in [1.807, 2.05) is 0 Å². The van der Waals surface area contributed by atoms with Crippen molar-refractivity contribution in [2.75, 3.05) is 19.8 Å². The second-order valence-corrected chi connectivity index (χ2v) is 4.64. The summed E-state index contributed by atoms with van der Waals surface area (Å²) in [5, 5.41) is 0. The summed E-state index contributed by atoms with van der Waals surface area (Å²) in [6.07, 6.45) is 6.56. The molecule has 1 saturated carbocycles. The van der Waals surface area contributed by atoms with Crippen LogP contribution >= 0.6 is 0 Å². The van der Waals surface area contributed by atoms with E-state index in [9.17, 15) is 0 Å². The average Bonchev–Trinajstić information content (AvgIpc) is 2.90. The average molecular weight is 198 g/mol. The van der Waals surface area contributed by atoms with Gasteiger partial charge >= 0.3 is 0 Å². The van der Waals surface area contributed by atoms with Crippen molar-refractivity contribution in [1.29, 1.82) is 0 Å². The molecule has 2 unspecified atom stereocenters. The second kappa shape index (κ2) is 3.47. The quantitative estimate of drug-likeness (QED) is 0.633. The van der Waals surface area contributed by atoms with Crippen LogP contribution in [0.3, 0.4) is 0 Å². The minimum atomic E-state index is -0.218. The first-order chi connectivity index (χ1) is 6.89. The molecule has 1 spiro atoms. The van der Waals surface area contributed by atoms with Gasteiger partial charge in [0.1, 0.15) is 0 Å². The highest BCUT2D eigenvalue weighted by Crippen LogP contribution is 2.43. The molecule has 0 bridgehead atoms. The molecule has 0 N–H and O–H groups in total. The number of rotatable bonds is 2. The van der Waals surface area contributed by atoms with Crippen LogP contribution in [-0.4, -0.2) is 31.7 Å². The smallest absolute Gasteiger partial charge is 0.171 e. The van der Waals surface area contributed by atoms with E-state index >= 15 is 0 Å². The Kier molecular flexibility index (Phi) is 2.26. The van der Waals surface area contributed by atoms with Gasteiger partial charge < -0.3 is 14.2 Å². The minimum Gasteiger partial charge on any atom is -0.373 e. The van der Waals surface area contributed by atoms with Gasteiger partial charge in [0.05, 0.1) is 25.9 Å². The predicted molar refractivity (Wildman–Crippen MR) is 51.0 cm³/mol. The Labute approximate surface area is 84.7 Å². The molecule has 0 aromatic carbocycles. The molecule has 3 heteroatoms. The maximum absolute atomic E-state index is 5.84. The zero-order valence-electron chi connectivity index (χ0n) is 8.54. The van der Waals surface area contributed by atoms with Crippen LogP contribution in [-0.2, 0) is 14.2 Å². The first-order valence-electron chi connectivity index (χ1n) is 5.79. The lowest BCUT2D eigenvalue weighted by atomic mass is 9.80. The van der Waals surface area contributed by atoms with Crippen molar-refractivity contribution in [3.8, 4) is 0 Å². The molecule has 0 amide bonds. The Morgan fingerprint density at radius 2 is 1.93 bits per heavy atom. The van der Waals surface area contributed by atoms with Crippen LogP contribution < -0.4 is 0 Å². The molecule has 1 aliphatic carbocycles. The highest BCUT2D eigenvalue weighted by atomic mass is 16.7. The number of hydrogen-bond acceptors (Lipinski definition) is 3. The summed E-state index contributed by atoms with van der Waals surface area (Å²) in [6.45, 7) is 2.51. The van der Waals surface area contributed by atoms with Crippen LogP contribution in [0.5, 0.6) is 0 Å². The van der Waals surface area contributed by atoms with Crippen LogP contribution in [0.1, 0.15) is 32.1 Å². The topological polar surface area (TPSA) is 31.0 Å². The zero-order chi connectivity index (χ0) is 9.43. The van der Waals surface area contributed by atoms with Gasteiger partial charge in [-0.3, -0.25) is 0 Å². The highest BCUT2D eigenvalue weighted by molar-refractivity contribution is 4.90. The minimum absolute atomic E-state index is 0.218. The van der Waals surface area contributed by atoms with Crippen LogP contribution in [0.15, 0.2) is 0 Å². The summed E-state index contributed by atoms with van der Waals surface area (Å²) in [5.74, 6) is 0.357. The molecule has 3 rings (SSSR count). The van der Waals surface area contributed by atoms with E-state index in [1.54, 1.807) is 0 Å². The van der Waals surface area contributed by atoms with Gasteiger partial charge in [-0.1, -0.05) is 6.42 Å². The highest BCUT2D eigenvalue weighted by Gasteiger charge is 2.47. The van der Waals surface area contributed by atoms with Gasteiger partial charge in [0.2, 0.25) is 0 Å². The summed E-state index contributed by atoms with van der Waals surface area (Å²) in [7, 11) is 0. The van der Waals surface area contributed by atoms with Gasteiger partial charge in [0.15, 0.2) is 5.79 Å². The third kappa shape index (κ3) is 1.58. The zero-order valence-corrected chi connectivity index (χ0v) is 8.54. The van der Waals surface area contributed by atoms with E-state index in [-0.39, 0.29) is 5.79 Å². The van der Waals surface area contributed by atoms with Crippen molar-refractivity contribution in [2.24, 2.45) is 5.92 Å². The monoisotopic (exact) mass is 198 g/mol. The second-order valence-electron chi connectivity index (χ2n) is 4.64. The Morgan fingerprint density at radius 1 is 1.14 bits per heavy atom. The first-order valence-corrected chi connectivity index (χ1v) is 5.79. The number of ether oxygens (including phenoxy) is 3. The van der Waals surface area contributed by atoms with Crippen LogP contribution in [0.4, 0.5) is 0 Å². The number of epoxide rings is 1. The van der Waals surface area contributed by atoms with Gasteiger partial charge in [-0.25, -0.2) is 0 Å². The van der Waals surface area contributed by atoms with Crippen LogP contribution in [0, 0.1) is 5.92 Å². The molecule has 2 atom stereocenters. The summed E-state index contributed by atoms with van der Waals surface area (Å²) in [5.41, 5.74) is 0. The van der Waals surface area contributed by atoms with E-state index in [0.717, 1.165) is 32.7 Å². The molecule has 0 aromatic rings. The maximum Gasteiger partial charge on any atom is 0.171 e. The van der Waals surface area contributed by atoms with Gasteiger partial charge in [-0.05, 0) is 19.3 Å². The van der Waals surface area contributed by atoms with Gasteiger partial charge in [-0.2, -0.15) is 0 Å². The van der Waals surface area contributed by atoms with Crippen molar-refractivity contribution < 1.29 is 14.2 Å². The molecule has 3 nitrogen and oxygen atoms in total. The fourth-order valence-electron chi connectivity index (χ4n) is 2.86. The molecular formula is C11H18O3. The molecule has 0 radical (unpaired) electrons. The lowest BCUT2D eigenvalue weighted by Crippen LogP contribution is -2.42. The SMILES string of the molecule is C1CCC2(OCCO2)C(CC2CO2)C1. The third-order valence-electron chi connectivity index (χ3n) is 3.68. The summed E-state index contributed by atoms with van der Waals surface area (Å²) >= 11 is 0. The largest absolute Gasteiger partial charge is 0.373 e. The molecule has 3 aliphatic rings. The number of hydrogen-bond donors (Lipinski definition) is 0. The van der Waals surface area contributed by atoms with Gasteiger partial charge in [0, 0.05) is 12.3 Å². The van der Waals surface area contributed by atoms with Crippen molar-refractivity contribution in [1.82, 2.24) is 0 Å². The normalized spacial score (nSPS) is 40.3. The molecule has 2 heterocycles. The Morgan fingerprint density at radius 3 is 2.64 bits per heavy atom. The summed E-state index contributed by atoms with van der Waals surface area (Å²) in [4.78, 5) is 0. The summed E-state index contributed by atoms with van der Waals surface area (Å²) in [6, 6.07) is 0. The summed E-state index contributed by atoms with van der Waals surface area (Å²) < 4.78 is 17.0. The van der Waals surface area contributed by atoms with Crippen molar-refractivity contribution in [2.45, 2.75) is 44.0 Å². The molecular weight excluding hydrogens is 180 g/mol. The first kappa shape index (κ1) is 9.13. The fraction of sp³-hybridized carbons (Fsp3) is 1.00. The molecule has 3 fully saturated rings. The van der Waals surface area contributed by atoms with Crippen LogP contribution in [0.2, 0.25) is 0 Å². The Hall–Kier alpha value is -0.120. The van der Waals surface area contributed by atoms with E-state index in [1.165, 1.54) is 19.3 Å². The van der Waals surface area contributed by atoms with Gasteiger partial charge in [0.25, 0.3) is 0 Å². The molecule has 14 heavy (non-hydrogen) atoms. The van der Waals surface area contributed by atoms with E-state index in [0.29, 0.717) is 12.0 Å². The molecule has 80 valence electrons. The Balaban J connectivity index is 1.70. The predicted octanol–water partition coefficient (Wildman–Crippen LogP) is 1.71. The standard InChI is InChI=1S/C11H18O3/c1-2-4-11(13-5-6-14-11)9(3-1)7-10-8-12-10/h9-10H,1-8H2. The van der Waals surface area contributed by atoms with E-state index in [2.05, 4.69) is 0 Å². The van der Waals surface area contributed by atoms with Gasteiger partial charge in [-0.15, -0.1) is 0 Å². The third-order valence-corrected chi connectivity index (χ3v) is 3.68. The van der Waals surface area contributed by atoms with Crippen molar-refractivity contribution in [3.05, 3.63) is 0 Å². The lowest BCUT2D eigenvalue weighted by molar-refractivity contribution is -0.214. The van der Waals surface area contributed by atoms with E-state index in [4.69, 9.17) is 14.2 Å². The maximum atomic E-state index is 5.84. The fourth-order valence-corrected chi connectivity index (χ4v) is 2.86. The molecule has 2 saturated heterocycles. The van der Waals surface area contributed by atoms with E-state index < -0.39 is 0 Å². The van der Waals surface area contributed by atoms with Crippen molar-refractivity contribution >= 4 is 0 Å². The molecule has 0 aromatic heterocycles. The molecule has 2 aliphatic heterocycles. The Bertz CT molecular complexity index is 207. The lowest BCUT2D eigenvalue weighted by Gasteiger charge is -2.39. The van der Waals surface area contributed by atoms with Crippen LogP contribution in [0.25, 0.3) is 0 Å². The van der Waals surface area contributed by atoms with Crippen molar-refractivity contribution in [3.63, 3.8) is 0 Å².